The molecule has 1 aromatic carbocycles. The molecule has 24 heavy (non-hydrogen) atoms. The molecule has 0 N–H and O–H groups in total. The molecule has 0 saturated carbocycles. The molecule has 0 amide bonds. The van der Waals surface area contributed by atoms with Gasteiger partial charge in [0.05, 0.1) is 0 Å². The van der Waals surface area contributed by atoms with E-state index in [1.165, 1.54) is 5.56 Å². The van der Waals surface area contributed by atoms with Crippen LogP contribution in [0.2, 0.25) is 0 Å². The topological polar surface area (TPSA) is 38.2 Å². The van der Waals surface area contributed by atoms with E-state index in [-0.39, 0.29) is 0 Å². The third kappa shape index (κ3) is 3.71. The molecule has 3 rings (SSSR count). The van der Waals surface area contributed by atoms with E-state index in [1.54, 1.807) is 6.20 Å². The van der Waals surface area contributed by atoms with Gasteiger partial charge in [-0.05, 0) is 47.9 Å². The number of anilines is 2. The van der Waals surface area contributed by atoms with Gasteiger partial charge in [-0.3, -0.25) is 0 Å². The Hall–Kier alpha value is -2.88. The summed E-state index contributed by atoms with van der Waals surface area (Å²) < 4.78 is 5.72. The number of rotatable bonds is 5. The Labute approximate surface area is 142 Å². The molecule has 0 bridgehead atoms. The molecule has 0 atom stereocenters. The molecule has 2 aromatic heterocycles. The minimum Gasteiger partial charge on any atom is -0.439 e. The Morgan fingerprint density at radius 1 is 0.917 bits per heavy atom. The zero-order chi connectivity index (χ0) is 16.9. The molecular weight excluding hydrogens is 298 g/mol. The van der Waals surface area contributed by atoms with Gasteiger partial charge in [-0.15, -0.1) is 0 Å². The molecule has 0 fully saturated rings. The van der Waals surface area contributed by atoms with Crippen LogP contribution < -0.4 is 9.64 Å². The minimum atomic E-state index is 0.486. The van der Waals surface area contributed by atoms with E-state index in [0.717, 1.165) is 17.3 Å². The van der Waals surface area contributed by atoms with Crippen LogP contribution in [0, 0.1) is 0 Å². The van der Waals surface area contributed by atoms with Crippen LogP contribution >= 0.6 is 0 Å². The zero-order valence-electron chi connectivity index (χ0n) is 14.2. The summed E-state index contributed by atoms with van der Waals surface area (Å²) in [4.78, 5) is 10.8. The maximum Gasteiger partial charge on any atom is 0.219 e. The van der Waals surface area contributed by atoms with Crippen molar-refractivity contribution in [3.63, 3.8) is 0 Å². The quantitative estimate of drug-likeness (QED) is 0.651. The van der Waals surface area contributed by atoms with E-state index in [2.05, 4.69) is 34.8 Å². The highest BCUT2D eigenvalue weighted by atomic mass is 16.5. The smallest absolute Gasteiger partial charge is 0.219 e. The number of aromatic nitrogens is 2. The molecule has 0 aliphatic carbocycles. The van der Waals surface area contributed by atoms with Crippen LogP contribution in [-0.4, -0.2) is 17.0 Å². The SMILES string of the molecule is CC(C)c1ccc(N(C)c2ccc(Oc3ccccn3)cc2)nc1. The third-order valence-electron chi connectivity index (χ3n) is 3.87. The van der Waals surface area contributed by atoms with Crippen LogP contribution in [0.1, 0.15) is 25.3 Å². The first kappa shape index (κ1) is 16.0. The first-order valence-electron chi connectivity index (χ1n) is 8.02. The molecule has 0 radical (unpaired) electrons. The van der Waals surface area contributed by atoms with Gasteiger partial charge in [0, 0.05) is 31.2 Å². The lowest BCUT2D eigenvalue weighted by atomic mass is 10.1. The number of pyridine rings is 2. The second-order valence-corrected chi connectivity index (χ2v) is 5.93. The number of ether oxygens (including phenoxy) is 1. The number of hydrogen-bond donors (Lipinski definition) is 0. The maximum atomic E-state index is 5.72. The van der Waals surface area contributed by atoms with E-state index in [4.69, 9.17) is 4.74 Å². The Morgan fingerprint density at radius 3 is 2.29 bits per heavy atom. The number of nitrogens with zero attached hydrogens (tertiary/aromatic N) is 3. The Balaban J connectivity index is 1.72. The summed E-state index contributed by atoms with van der Waals surface area (Å²) in [6.07, 6.45) is 3.65. The second-order valence-electron chi connectivity index (χ2n) is 5.93. The van der Waals surface area contributed by atoms with Crippen molar-refractivity contribution in [1.29, 1.82) is 0 Å². The summed E-state index contributed by atoms with van der Waals surface area (Å²) in [5.74, 6) is 2.75. The lowest BCUT2D eigenvalue weighted by Gasteiger charge is -2.19. The van der Waals surface area contributed by atoms with Gasteiger partial charge < -0.3 is 9.64 Å². The highest BCUT2D eigenvalue weighted by Gasteiger charge is 2.07. The Kier molecular flexibility index (Phi) is 4.75. The fourth-order valence-electron chi connectivity index (χ4n) is 2.34. The van der Waals surface area contributed by atoms with Crippen molar-refractivity contribution in [3.8, 4) is 11.6 Å². The molecule has 0 spiro atoms. The van der Waals surface area contributed by atoms with Crippen LogP contribution in [0.15, 0.2) is 67.0 Å². The van der Waals surface area contributed by atoms with Gasteiger partial charge in [0.15, 0.2) is 0 Å². The van der Waals surface area contributed by atoms with Crippen LogP contribution in [0.3, 0.4) is 0 Å². The highest BCUT2D eigenvalue weighted by molar-refractivity contribution is 5.60. The van der Waals surface area contributed by atoms with Crippen LogP contribution in [0.4, 0.5) is 11.5 Å². The first-order chi connectivity index (χ1) is 11.6. The molecular formula is C20H21N3O. The summed E-state index contributed by atoms with van der Waals surface area (Å²) in [6, 6.07) is 17.7. The fraction of sp³-hybridized carbons (Fsp3) is 0.200. The van der Waals surface area contributed by atoms with Gasteiger partial charge in [0.25, 0.3) is 0 Å². The van der Waals surface area contributed by atoms with Crippen LogP contribution in [-0.2, 0) is 0 Å². The van der Waals surface area contributed by atoms with Crippen LogP contribution in [0.5, 0.6) is 11.6 Å². The Bertz CT molecular complexity index is 768. The summed E-state index contributed by atoms with van der Waals surface area (Å²) in [6.45, 7) is 4.33. The normalized spacial score (nSPS) is 10.7. The van der Waals surface area contributed by atoms with E-state index < -0.39 is 0 Å². The van der Waals surface area contributed by atoms with Crippen molar-refractivity contribution in [2.24, 2.45) is 0 Å². The fourth-order valence-corrected chi connectivity index (χ4v) is 2.34. The standard InChI is InChI=1S/C20H21N3O/c1-15(2)16-7-12-19(22-14-16)23(3)17-8-10-18(11-9-17)24-20-6-4-5-13-21-20/h4-15H,1-3H3. The molecule has 0 unspecified atom stereocenters. The molecule has 0 aliphatic heterocycles. The average Bonchev–Trinajstić information content (AvgIpc) is 2.63. The van der Waals surface area contributed by atoms with Crippen molar-refractivity contribution in [2.75, 3.05) is 11.9 Å². The molecule has 0 aliphatic rings. The summed E-state index contributed by atoms with van der Waals surface area (Å²) in [5.41, 5.74) is 2.29. The molecule has 0 saturated heterocycles. The largest absolute Gasteiger partial charge is 0.439 e. The van der Waals surface area contributed by atoms with Gasteiger partial charge in [-0.1, -0.05) is 26.0 Å². The number of benzene rings is 1. The van der Waals surface area contributed by atoms with E-state index in [1.807, 2.05) is 61.8 Å². The van der Waals surface area contributed by atoms with Crippen molar-refractivity contribution >= 4 is 11.5 Å². The van der Waals surface area contributed by atoms with Crippen LogP contribution in [0.25, 0.3) is 0 Å². The van der Waals surface area contributed by atoms with Gasteiger partial charge >= 0.3 is 0 Å². The van der Waals surface area contributed by atoms with E-state index in [9.17, 15) is 0 Å². The van der Waals surface area contributed by atoms with Gasteiger partial charge in [0.1, 0.15) is 11.6 Å². The van der Waals surface area contributed by atoms with Crippen molar-refractivity contribution in [2.45, 2.75) is 19.8 Å². The number of hydrogen-bond acceptors (Lipinski definition) is 4. The third-order valence-corrected chi connectivity index (χ3v) is 3.87. The molecule has 4 nitrogen and oxygen atoms in total. The van der Waals surface area contributed by atoms with Crippen molar-refractivity contribution in [1.82, 2.24) is 9.97 Å². The van der Waals surface area contributed by atoms with E-state index in [0.29, 0.717) is 11.8 Å². The summed E-state index contributed by atoms with van der Waals surface area (Å²) in [5, 5.41) is 0. The maximum absolute atomic E-state index is 5.72. The summed E-state index contributed by atoms with van der Waals surface area (Å²) in [7, 11) is 2.01. The second kappa shape index (κ2) is 7.13. The first-order valence-corrected chi connectivity index (χ1v) is 8.02. The predicted molar refractivity (Wildman–Crippen MR) is 97.1 cm³/mol. The van der Waals surface area contributed by atoms with E-state index >= 15 is 0 Å². The highest BCUT2D eigenvalue weighted by Crippen LogP contribution is 2.26. The lowest BCUT2D eigenvalue weighted by Crippen LogP contribution is -2.11. The van der Waals surface area contributed by atoms with Crippen molar-refractivity contribution in [3.05, 3.63) is 72.6 Å². The average molecular weight is 319 g/mol. The minimum absolute atomic E-state index is 0.486. The molecule has 4 heteroatoms. The van der Waals surface area contributed by atoms with Crippen molar-refractivity contribution < 1.29 is 4.74 Å². The Morgan fingerprint density at radius 2 is 1.71 bits per heavy atom. The monoisotopic (exact) mass is 319 g/mol. The molecule has 2 heterocycles. The molecule has 3 aromatic rings. The predicted octanol–water partition coefficient (Wildman–Crippen LogP) is 5.16. The van der Waals surface area contributed by atoms with Gasteiger partial charge in [-0.25, -0.2) is 9.97 Å². The molecule has 122 valence electrons. The zero-order valence-corrected chi connectivity index (χ0v) is 14.2. The van der Waals surface area contributed by atoms with Gasteiger partial charge in [0.2, 0.25) is 5.88 Å². The van der Waals surface area contributed by atoms with Gasteiger partial charge in [-0.2, -0.15) is 0 Å². The summed E-state index contributed by atoms with van der Waals surface area (Å²) >= 11 is 0. The lowest BCUT2D eigenvalue weighted by molar-refractivity contribution is 0.463.